The SMILES string of the molecule is CCCNC(COCCOC)Cc1csc(C)n1. The normalized spacial score (nSPS) is 12.8. The third-order valence-electron chi connectivity index (χ3n) is 2.56. The maximum absolute atomic E-state index is 5.60. The molecule has 0 saturated heterocycles. The van der Waals surface area contributed by atoms with E-state index in [0.717, 1.165) is 30.1 Å². The smallest absolute Gasteiger partial charge is 0.0897 e. The van der Waals surface area contributed by atoms with Gasteiger partial charge in [-0.1, -0.05) is 6.92 Å². The average molecular weight is 272 g/mol. The molecule has 1 heterocycles. The fourth-order valence-electron chi connectivity index (χ4n) is 1.66. The second kappa shape index (κ2) is 9.44. The van der Waals surface area contributed by atoms with Gasteiger partial charge in [0, 0.05) is 25.0 Å². The maximum Gasteiger partial charge on any atom is 0.0897 e. The van der Waals surface area contributed by atoms with E-state index < -0.39 is 0 Å². The fourth-order valence-corrected chi connectivity index (χ4v) is 2.29. The topological polar surface area (TPSA) is 43.4 Å². The van der Waals surface area contributed by atoms with Crippen LogP contribution in [-0.4, -0.2) is 44.5 Å². The van der Waals surface area contributed by atoms with Crippen molar-refractivity contribution in [2.45, 2.75) is 32.7 Å². The lowest BCUT2D eigenvalue weighted by molar-refractivity contribution is 0.0586. The Kier molecular flexibility index (Phi) is 8.17. The zero-order valence-corrected chi connectivity index (χ0v) is 12.4. The molecule has 1 N–H and O–H groups in total. The highest BCUT2D eigenvalue weighted by molar-refractivity contribution is 7.09. The highest BCUT2D eigenvalue weighted by Crippen LogP contribution is 2.10. The van der Waals surface area contributed by atoms with E-state index >= 15 is 0 Å². The van der Waals surface area contributed by atoms with Crippen LogP contribution in [0.3, 0.4) is 0 Å². The van der Waals surface area contributed by atoms with Crippen LogP contribution >= 0.6 is 11.3 Å². The minimum Gasteiger partial charge on any atom is -0.382 e. The zero-order chi connectivity index (χ0) is 13.2. The number of ether oxygens (including phenoxy) is 2. The molecular formula is C13H24N2O2S. The Bertz CT molecular complexity index is 318. The third-order valence-corrected chi connectivity index (χ3v) is 3.38. The van der Waals surface area contributed by atoms with Crippen LogP contribution in [0, 0.1) is 6.92 Å². The van der Waals surface area contributed by atoms with Crippen molar-refractivity contribution < 1.29 is 9.47 Å². The number of thiazole rings is 1. The van der Waals surface area contributed by atoms with Crippen molar-refractivity contribution >= 4 is 11.3 Å². The summed E-state index contributed by atoms with van der Waals surface area (Å²) in [6.07, 6.45) is 2.06. The van der Waals surface area contributed by atoms with Gasteiger partial charge < -0.3 is 14.8 Å². The van der Waals surface area contributed by atoms with Crippen LogP contribution in [-0.2, 0) is 15.9 Å². The van der Waals surface area contributed by atoms with E-state index in [1.807, 2.05) is 6.92 Å². The van der Waals surface area contributed by atoms with Crippen molar-refractivity contribution in [1.29, 1.82) is 0 Å². The Balaban J connectivity index is 2.34. The van der Waals surface area contributed by atoms with E-state index in [1.54, 1.807) is 18.4 Å². The number of nitrogens with one attached hydrogen (secondary N) is 1. The predicted molar refractivity (Wildman–Crippen MR) is 75.3 cm³/mol. The first-order valence-corrected chi connectivity index (χ1v) is 7.35. The first-order chi connectivity index (χ1) is 8.76. The summed E-state index contributed by atoms with van der Waals surface area (Å²) in [7, 11) is 1.69. The highest BCUT2D eigenvalue weighted by atomic mass is 32.1. The summed E-state index contributed by atoms with van der Waals surface area (Å²) in [4.78, 5) is 4.50. The maximum atomic E-state index is 5.60. The summed E-state index contributed by atoms with van der Waals surface area (Å²) in [5.74, 6) is 0. The summed E-state index contributed by atoms with van der Waals surface area (Å²) in [6.45, 7) is 7.23. The molecule has 0 amide bonds. The van der Waals surface area contributed by atoms with Crippen molar-refractivity contribution in [2.24, 2.45) is 0 Å². The lowest BCUT2D eigenvalue weighted by Crippen LogP contribution is -2.36. The average Bonchev–Trinajstić information content (AvgIpc) is 2.77. The van der Waals surface area contributed by atoms with Gasteiger partial charge in [0.1, 0.15) is 0 Å². The number of hydrogen-bond donors (Lipinski definition) is 1. The molecule has 0 spiro atoms. The quantitative estimate of drug-likeness (QED) is 0.662. The molecule has 1 aromatic heterocycles. The second-order valence-electron chi connectivity index (χ2n) is 4.28. The summed E-state index contributed by atoms with van der Waals surface area (Å²) in [5.41, 5.74) is 1.15. The van der Waals surface area contributed by atoms with Gasteiger partial charge in [-0.2, -0.15) is 0 Å². The Labute approximate surface area is 114 Å². The number of methoxy groups -OCH3 is 1. The van der Waals surface area contributed by atoms with Gasteiger partial charge in [0.2, 0.25) is 0 Å². The van der Waals surface area contributed by atoms with E-state index in [0.29, 0.717) is 25.9 Å². The van der Waals surface area contributed by atoms with Gasteiger partial charge in [-0.25, -0.2) is 4.98 Å². The van der Waals surface area contributed by atoms with Gasteiger partial charge >= 0.3 is 0 Å². The van der Waals surface area contributed by atoms with Gasteiger partial charge in [0.15, 0.2) is 0 Å². The van der Waals surface area contributed by atoms with Crippen LogP contribution in [0.15, 0.2) is 5.38 Å². The molecule has 1 rings (SSSR count). The van der Waals surface area contributed by atoms with E-state index in [1.165, 1.54) is 0 Å². The predicted octanol–water partition coefficient (Wildman–Crippen LogP) is 2.03. The minimum absolute atomic E-state index is 0.336. The molecule has 4 nitrogen and oxygen atoms in total. The van der Waals surface area contributed by atoms with E-state index in [4.69, 9.17) is 9.47 Å². The molecule has 0 aliphatic rings. The molecule has 0 saturated carbocycles. The van der Waals surface area contributed by atoms with E-state index in [2.05, 4.69) is 22.6 Å². The van der Waals surface area contributed by atoms with Gasteiger partial charge in [0.25, 0.3) is 0 Å². The highest BCUT2D eigenvalue weighted by Gasteiger charge is 2.11. The summed E-state index contributed by atoms with van der Waals surface area (Å²) in [5, 5.41) is 6.76. The van der Waals surface area contributed by atoms with Crippen molar-refractivity contribution in [2.75, 3.05) is 33.5 Å². The molecule has 18 heavy (non-hydrogen) atoms. The number of aromatic nitrogens is 1. The summed E-state index contributed by atoms with van der Waals surface area (Å²) in [6, 6.07) is 0.336. The molecule has 0 fully saturated rings. The Morgan fingerprint density at radius 2 is 2.28 bits per heavy atom. The molecule has 0 aliphatic carbocycles. The summed E-state index contributed by atoms with van der Waals surface area (Å²) < 4.78 is 10.6. The first kappa shape index (κ1) is 15.6. The van der Waals surface area contributed by atoms with Gasteiger partial charge in [0.05, 0.1) is 30.5 Å². The summed E-state index contributed by atoms with van der Waals surface area (Å²) >= 11 is 1.70. The minimum atomic E-state index is 0.336. The molecule has 0 aromatic carbocycles. The number of hydrogen-bond acceptors (Lipinski definition) is 5. The van der Waals surface area contributed by atoms with Crippen LogP contribution in [0.5, 0.6) is 0 Å². The van der Waals surface area contributed by atoms with Crippen LogP contribution in [0.25, 0.3) is 0 Å². The van der Waals surface area contributed by atoms with Gasteiger partial charge in [-0.3, -0.25) is 0 Å². The molecule has 5 heteroatoms. The molecule has 0 aliphatic heterocycles. The lowest BCUT2D eigenvalue weighted by atomic mass is 10.2. The molecule has 0 bridgehead atoms. The largest absolute Gasteiger partial charge is 0.382 e. The van der Waals surface area contributed by atoms with Crippen molar-refractivity contribution in [1.82, 2.24) is 10.3 Å². The van der Waals surface area contributed by atoms with Crippen LogP contribution < -0.4 is 5.32 Å². The van der Waals surface area contributed by atoms with Crippen LogP contribution in [0.2, 0.25) is 0 Å². The molecule has 0 radical (unpaired) electrons. The third kappa shape index (κ3) is 6.44. The van der Waals surface area contributed by atoms with Crippen molar-refractivity contribution in [3.05, 3.63) is 16.1 Å². The van der Waals surface area contributed by atoms with E-state index in [9.17, 15) is 0 Å². The molecule has 1 unspecified atom stereocenters. The Hall–Kier alpha value is -0.490. The first-order valence-electron chi connectivity index (χ1n) is 6.47. The van der Waals surface area contributed by atoms with Gasteiger partial charge in [-0.05, 0) is 19.9 Å². The van der Waals surface area contributed by atoms with Gasteiger partial charge in [-0.15, -0.1) is 11.3 Å². The molecule has 1 atom stereocenters. The van der Waals surface area contributed by atoms with Crippen molar-refractivity contribution in [3.63, 3.8) is 0 Å². The van der Waals surface area contributed by atoms with Crippen LogP contribution in [0.4, 0.5) is 0 Å². The second-order valence-corrected chi connectivity index (χ2v) is 5.34. The molecule has 104 valence electrons. The van der Waals surface area contributed by atoms with E-state index in [-0.39, 0.29) is 0 Å². The Morgan fingerprint density at radius 3 is 2.89 bits per heavy atom. The standard InChI is InChI=1S/C13H24N2O2S/c1-4-5-14-12(9-17-7-6-16-3)8-13-10-18-11(2)15-13/h10,12,14H,4-9H2,1-3H3. The van der Waals surface area contributed by atoms with Crippen molar-refractivity contribution in [3.8, 4) is 0 Å². The molecule has 1 aromatic rings. The number of nitrogens with zero attached hydrogens (tertiary/aromatic N) is 1. The fraction of sp³-hybridized carbons (Fsp3) is 0.769. The number of rotatable bonds is 10. The number of aryl methyl sites for hydroxylation is 1. The monoisotopic (exact) mass is 272 g/mol. The van der Waals surface area contributed by atoms with Crippen LogP contribution in [0.1, 0.15) is 24.0 Å². The lowest BCUT2D eigenvalue weighted by Gasteiger charge is -2.17. The Morgan fingerprint density at radius 1 is 1.44 bits per heavy atom. The zero-order valence-electron chi connectivity index (χ0n) is 11.6. The molecular weight excluding hydrogens is 248 g/mol.